The van der Waals surface area contributed by atoms with Crippen LogP contribution in [0.2, 0.25) is 0 Å². The number of ether oxygens (including phenoxy) is 2. The van der Waals surface area contributed by atoms with E-state index in [-0.39, 0.29) is 5.91 Å². The molecule has 5 heterocycles. The molecule has 1 aliphatic heterocycles. The molecule has 0 bridgehead atoms. The smallest absolute Gasteiger partial charge is 0.253 e. The summed E-state index contributed by atoms with van der Waals surface area (Å²) in [6.45, 7) is 8.19. The molecule has 0 N–H and O–H groups in total. The molecule has 1 amide bonds. The van der Waals surface area contributed by atoms with Crippen molar-refractivity contribution in [1.29, 1.82) is 0 Å². The lowest BCUT2D eigenvalue weighted by molar-refractivity contribution is 0.0683. The van der Waals surface area contributed by atoms with E-state index in [1.807, 2.05) is 71.2 Å². The van der Waals surface area contributed by atoms with E-state index in [4.69, 9.17) is 29.5 Å². The molecule has 1 saturated heterocycles. The third kappa shape index (κ3) is 6.25. The van der Waals surface area contributed by atoms with E-state index in [1.165, 1.54) is 24.3 Å². The molecule has 4 aromatic heterocycles. The topological polar surface area (TPSA) is 94.7 Å². The highest BCUT2D eigenvalue weighted by molar-refractivity contribution is 7.22. The van der Waals surface area contributed by atoms with Gasteiger partial charge in [0.15, 0.2) is 0 Å². The van der Waals surface area contributed by atoms with Gasteiger partial charge < -0.3 is 14.4 Å². The molecule has 2 aliphatic rings. The average Bonchev–Trinajstić information content (AvgIpc) is 3.39. The van der Waals surface area contributed by atoms with E-state index in [0.29, 0.717) is 29.9 Å². The number of carbonyl (C=O) groups is 1. The van der Waals surface area contributed by atoms with E-state index >= 15 is 0 Å². The number of fused-ring (bicyclic) bond motifs is 2. The van der Waals surface area contributed by atoms with Crippen LogP contribution < -0.4 is 9.47 Å². The predicted molar refractivity (Wildman–Crippen MR) is 186 cm³/mol. The van der Waals surface area contributed by atoms with Crippen LogP contribution in [0.15, 0.2) is 48.0 Å². The quantitative estimate of drug-likeness (QED) is 0.160. The second-order valence-corrected chi connectivity index (χ2v) is 14.4. The zero-order chi connectivity index (χ0) is 31.8. The monoisotopic (exact) mass is 672 g/mol. The minimum Gasteiger partial charge on any atom is -0.497 e. The number of hydrogen-bond acceptors (Lipinski definition) is 10. The Labute approximate surface area is 279 Å². The number of thiazole rings is 2. The van der Waals surface area contributed by atoms with Crippen molar-refractivity contribution in [2.45, 2.75) is 59.0 Å². The van der Waals surface area contributed by atoms with Gasteiger partial charge in [0.2, 0.25) is 4.96 Å². The van der Waals surface area contributed by atoms with Crippen LogP contribution in [0.4, 0.5) is 0 Å². The summed E-state index contributed by atoms with van der Waals surface area (Å²) in [5, 5.41) is 9.61. The molecule has 2 aromatic carbocycles. The fourth-order valence-corrected chi connectivity index (χ4v) is 8.42. The van der Waals surface area contributed by atoms with Crippen LogP contribution in [0, 0.1) is 5.92 Å². The van der Waals surface area contributed by atoms with Crippen molar-refractivity contribution in [3.8, 4) is 32.8 Å². The maximum Gasteiger partial charge on any atom is 0.253 e. The van der Waals surface area contributed by atoms with Crippen LogP contribution in [0.5, 0.6) is 11.5 Å². The minimum atomic E-state index is 0.110. The Hall–Kier alpha value is -3.87. The van der Waals surface area contributed by atoms with Gasteiger partial charge in [-0.1, -0.05) is 44.2 Å². The molecular weight excluding hydrogens is 637 g/mol. The van der Waals surface area contributed by atoms with Crippen LogP contribution in [0.3, 0.4) is 0 Å². The summed E-state index contributed by atoms with van der Waals surface area (Å²) >= 11 is 4.78. The zero-order valence-corrected chi connectivity index (χ0v) is 28.8. The van der Waals surface area contributed by atoms with Crippen molar-refractivity contribution in [3.63, 3.8) is 0 Å². The van der Waals surface area contributed by atoms with E-state index in [1.54, 1.807) is 41.1 Å². The molecule has 0 spiro atoms. The molecule has 9 nitrogen and oxygen atoms in total. The molecule has 8 rings (SSSR count). The van der Waals surface area contributed by atoms with Gasteiger partial charge in [0, 0.05) is 47.6 Å². The average molecular weight is 673 g/mol. The molecule has 1 aliphatic carbocycles. The first kappa shape index (κ1) is 30.8. The fourth-order valence-electron chi connectivity index (χ4n) is 5.60. The molecule has 1 atom stereocenters. The minimum absolute atomic E-state index is 0.110. The summed E-state index contributed by atoms with van der Waals surface area (Å²) in [5.41, 5.74) is 4.15. The second-order valence-electron chi connectivity index (χ2n) is 11.6. The molecule has 6 aromatic rings. The highest BCUT2D eigenvalue weighted by Crippen LogP contribution is 2.43. The van der Waals surface area contributed by atoms with E-state index in [9.17, 15) is 4.79 Å². The predicted octanol–water partition coefficient (Wildman–Crippen LogP) is 8.55. The van der Waals surface area contributed by atoms with Gasteiger partial charge in [0.1, 0.15) is 38.8 Å². The number of rotatable bonds is 8. The van der Waals surface area contributed by atoms with Crippen LogP contribution in [-0.4, -0.2) is 55.6 Å². The standard InChI is InChI=1S/C32H30N6O3S3.C2H6/c1-18-4-3-11-37(14-18)31(39)21-9-7-19(8-10-21)28-33-22(17-42-28)16-41-26-13-23(40-2)12-24-27(26)43-30(34-24)25-15-38-32(35-25)44-29(36-38)20-5-6-20;1-2/h7-10,12-13,15,17-18,20H,3-6,11,14,16H2,1-2H3;1-2H3/t18-;/m0./s1. The first-order chi connectivity index (χ1) is 22.5. The van der Waals surface area contributed by atoms with Crippen molar-refractivity contribution in [3.05, 3.63) is 64.2 Å². The number of nitrogens with zero attached hydrogens (tertiary/aromatic N) is 6. The number of benzene rings is 2. The molecule has 0 radical (unpaired) electrons. The van der Waals surface area contributed by atoms with E-state index < -0.39 is 0 Å². The van der Waals surface area contributed by atoms with Gasteiger partial charge >= 0.3 is 0 Å². The summed E-state index contributed by atoms with van der Waals surface area (Å²) < 4.78 is 14.7. The van der Waals surface area contributed by atoms with Gasteiger partial charge in [-0.25, -0.2) is 19.5 Å². The van der Waals surface area contributed by atoms with Crippen LogP contribution in [0.1, 0.15) is 73.4 Å². The number of likely N-dealkylation sites (tertiary alicyclic amines) is 1. The fraction of sp³-hybridized carbons (Fsp3) is 0.382. The maximum absolute atomic E-state index is 13.0. The number of piperidine rings is 1. The lowest BCUT2D eigenvalue weighted by Crippen LogP contribution is -2.39. The molecule has 46 heavy (non-hydrogen) atoms. The Bertz CT molecular complexity index is 1960. The SMILES string of the molecule is CC.COc1cc(OCc2csc(-c3ccc(C(=O)N4CCC[C@H](C)C4)cc3)n2)c2sc(-c3cn4nc(C5CC5)sc4n3)nc2c1. The number of hydrogen-bond donors (Lipinski definition) is 0. The number of imidazole rings is 1. The van der Waals surface area contributed by atoms with Crippen molar-refractivity contribution < 1.29 is 14.3 Å². The van der Waals surface area contributed by atoms with Gasteiger partial charge in [-0.15, -0.1) is 22.7 Å². The largest absolute Gasteiger partial charge is 0.497 e. The molecule has 0 unspecified atom stereocenters. The first-order valence-electron chi connectivity index (χ1n) is 15.8. The summed E-state index contributed by atoms with van der Waals surface area (Å²) in [6, 6.07) is 11.6. The Morgan fingerprint density at radius 2 is 1.85 bits per heavy atom. The second kappa shape index (κ2) is 13.1. The van der Waals surface area contributed by atoms with Crippen LogP contribution in [0.25, 0.3) is 36.5 Å². The normalized spacial score (nSPS) is 16.4. The van der Waals surface area contributed by atoms with Gasteiger partial charge in [-0.3, -0.25) is 4.79 Å². The third-order valence-electron chi connectivity index (χ3n) is 8.12. The maximum atomic E-state index is 13.0. The third-order valence-corrected chi connectivity index (χ3v) is 11.3. The summed E-state index contributed by atoms with van der Waals surface area (Å²) in [7, 11) is 1.64. The summed E-state index contributed by atoms with van der Waals surface area (Å²) in [5.74, 6) is 2.65. The number of amides is 1. The van der Waals surface area contributed by atoms with E-state index in [0.717, 1.165) is 67.2 Å². The highest BCUT2D eigenvalue weighted by Gasteiger charge is 2.28. The Kier molecular flexibility index (Phi) is 8.76. The van der Waals surface area contributed by atoms with Gasteiger partial charge in [-0.05, 0) is 43.7 Å². The lowest BCUT2D eigenvalue weighted by Gasteiger charge is -2.31. The van der Waals surface area contributed by atoms with E-state index in [2.05, 4.69) is 6.92 Å². The number of methoxy groups -OCH3 is 1. The lowest BCUT2D eigenvalue weighted by atomic mass is 9.99. The molecule has 12 heteroatoms. The van der Waals surface area contributed by atoms with Gasteiger partial charge in [-0.2, -0.15) is 5.10 Å². The summed E-state index contributed by atoms with van der Waals surface area (Å²) in [4.78, 5) is 30.4. The summed E-state index contributed by atoms with van der Waals surface area (Å²) in [6.07, 6.45) is 6.67. The first-order valence-corrected chi connectivity index (χ1v) is 18.3. The Morgan fingerprint density at radius 1 is 1.02 bits per heavy atom. The van der Waals surface area contributed by atoms with Crippen molar-refractivity contribution in [2.75, 3.05) is 20.2 Å². The van der Waals surface area contributed by atoms with Gasteiger partial charge in [0.05, 0.1) is 29.2 Å². The van der Waals surface area contributed by atoms with Crippen LogP contribution >= 0.6 is 34.0 Å². The Balaban J connectivity index is 0.00000166. The molecular formula is C34H36N6O3S3. The molecule has 1 saturated carbocycles. The van der Waals surface area contributed by atoms with Crippen molar-refractivity contribution in [2.24, 2.45) is 5.92 Å². The van der Waals surface area contributed by atoms with Gasteiger partial charge in [0.25, 0.3) is 5.91 Å². The van der Waals surface area contributed by atoms with Crippen molar-refractivity contribution >= 4 is 55.1 Å². The molecule has 238 valence electrons. The zero-order valence-electron chi connectivity index (χ0n) is 26.4. The highest BCUT2D eigenvalue weighted by atomic mass is 32.1. The molecule has 2 fully saturated rings. The van der Waals surface area contributed by atoms with Crippen LogP contribution in [-0.2, 0) is 6.61 Å². The number of carbonyl (C=O) groups excluding carboxylic acids is 1. The number of aromatic nitrogens is 5. The Morgan fingerprint density at radius 3 is 2.59 bits per heavy atom. The van der Waals surface area contributed by atoms with Crippen molar-refractivity contribution in [1.82, 2.24) is 29.5 Å².